The number of primary amides is 1. The number of thiazole rings is 1. The van der Waals surface area contributed by atoms with Gasteiger partial charge in [0.25, 0.3) is 0 Å². The Morgan fingerprint density at radius 1 is 1.41 bits per heavy atom. The van der Waals surface area contributed by atoms with E-state index in [0.29, 0.717) is 0 Å². The van der Waals surface area contributed by atoms with Crippen molar-refractivity contribution < 1.29 is 4.79 Å². The summed E-state index contributed by atoms with van der Waals surface area (Å²) in [7, 11) is 0. The van der Waals surface area contributed by atoms with Gasteiger partial charge in [-0.05, 0) is 19.1 Å². The molecule has 1 unspecified atom stereocenters. The van der Waals surface area contributed by atoms with Gasteiger partial charge in [0.15, 0.2) is 0 Å². The zero-order chi connectivity index (χ0) is 12.3. The molecule has 0 aromatic carbocycles. The summed E-state index contributed by atoms with van der Waals surface area (Å²) in [5.41, 5.74) is 8.17. The summed E-state index contributed by atoms with van der Waals surface area (Å²) in [5.74, 6) is -0.355. The average molecular weight is 247 g/mol. The van der Waals surface area contributed by atoms with Gasteiger partial charge in [0.2, 0.25) is 5.91 Å². The first-order valence-electron chi connectivity index (χ1n) is 5.21. The highest BCUT2D eigenvalue weighted by atomic mass is 32.1. The Labute approximate surface area is 104 Å². The normalized spacial score (nSPS) is 14.2. The Balaban J connectivity index is 2.48. The second-order valence-electron chi connectivity index (χ2n) is 4.06. The van der Waals surface area contributed by atoms with Crippen LogP contribution >= 0.6 is 11.3 Å². The SMILES string of the molecule is CC(CC(N)=O)(c1ccccn1)c1cscn1. The number of aromatic nitrogens is 2. The summed E-state index contributed by atoms with van der Waals surface area (Å²) in [6.07, 6.45) is 1.91. The van der Waals surface area contributed by atoms with E-state index < -0.39 is 5.41 Å². The van der Waals surface area contributed by atoms with Crippen molar-refractivity contribution in [3.05, 3.63) is 46.7 Å². The molecule has 0 fully saturated rings. The highest BCUT2D eigenvalue weighted by molar-refractivity contribution is 7.07. The molecule has 0 aliphatic heterocycles. The van der Waals surface area contributed by atoms with Gasteiger partial charge >= 0.3 is 0 Å². The van der Waals surface area contributed by atoms with E-state index in [1.54, 1.807) is 11.7 Å². The predicted molar refractivity (Wildman–Crippen MR) is 66.6 cm³/mol. The van der Waals surface area contributed by atoms with E-state index in [9.17, 15) is 4.79 Å². The Kier molecular flexibility index (Phi) is 3.19. The second kappa shape index (κ2) is 4.63. The Morgan fingerprint density at radius 2 is 2.24 bits per heavy atom. The lowest BCUT2D eigenvalue weighted by molar-refractivity contribution is -0.118. The van der Waals surface area contributed by atoms with Crippen LogP contribution in [-0.2, 0) is 10.2 Å². The van der Waals surface area contributed by atoms with Crippen LogP contribution in [0.2, 0.25) is 0 Å². The minimum atomic E-state index is -0.549. The first-order chi connectivity index (χ1) is 8.13. The number of nitrogens with zero attached hydrogens (tertiary/aromatic N) is 2. The molecular weight excluding hydrogens is 234 g/mol. The standard InChI is InChI=1S/C12H13N3OS/c1-12(6-11(13)16,10-7-17-8-15-10)9-4-2-3-5-14-9/h2-5,7-8H,6H2,1H3,(H2,13,16). The van der Waals surface area contributed by atoms with E-state index in [2.05, 4.69) is 9.97 Å². The van der Waals surface area contributed by atoms with Crippen molar-refractivity contribution in [3.8, 4) is 0 Å². The minimum Gasteiger partial charge on any atom is -0.370 e. The van der Waals surface area contributed by atoms with Crippen molar-refractivity contribution in [1.29, 1.82) is 0 Å². The summed E-state index contributed by atoms with van der Waals surface area (Å²) in [5, 5.41) is 1.93. The Morgan fingerprint density at radius 3 is 2.76 bits per heavy atom. The quantitative estimate of drug-likeness (QED) is 0.894. The number of hydrogen-bond acceptors (Lipinski definition) is 4. The molecule has 0 spiro atoms. The number of nitrogens with two attached hydrogens (primary N) is 1. The van der Waals surface area contributed by atoms with Gasteiger partial charge in [-0.25, -0.2) is 4.98 Å². The monoisotopic (exact) mass is 247 g/mol. The Bertz CT molecular complexity index is 498. The van der Waals surface area contributed by atoms with Gasteiger partial charge in [-0.15, -0.1) is 11.3 Å². The molecule has 2 N–H and O–H groups in total. The zero-order valence-electron chi connectivity index (χ0n) is 9.46. The van der Waals surface area contributed by atoms with E-state index in [1.807, 2.05) is 30.5 Å². The molecule has 2 aromatic heterocycles. The van der Waals surface area contributed by atoms with Crippen LogP contribution in [0.4, 0.5) is 0 Å². The molecule has 0 radical (unpaired) electrons. The van der Waals surface area contributed by atoms with Crippen molar-refractivity contribution >= 4 is 17.2 Å². The molecule has 2 rings (SSSR count). The molecule has 17 heavy (non-hydrogen) atoms. The Hall–Kier alpha value is -1.75. The van der Waals surface area contributed by atoms with Gasteiger partial charge in [-0.3, -0.25) is 9.78 Å². The van der Waals surface area contributed by atoms with Crippen molar-refractivity contribution in [2.24, 2.45) is 5.73 Å². The molecule has 0 bridgehead atoms. The van der Waals surface area contributed by atoms with Crippen LogP contribution in [-0.4, -0.2) is 15.9 Å². The van der Waals surface area contributed by atoms with Gasteiger partial charge in [-0.1, -0.05) is 6.07 Å². The lowest BCUT2D eigenvalue weighted by atomic mass is 9.80. The molecule has 5 heteroatoms. The lowest BCUT2D eigenvalue weighted by Gasteiger charge is -2.25. The van der Waals surface area contributed by atoms with E-state index >= 15 is 0 Å². The number of carbonyl (C=O) groups is 1. The second-order valence-corrected chi connectivity index (χ2v) is 4.78. The molecule has 2 aromatic rings. The molecule has 4 nitrogen and oxygen atoms in total. The van der Waals surface area contributed by atoms with E-state index in [4.69, 9.17) is 5.73 Å². The maximum Gasteiger partial charge on any atom is 0.218 e. The molecule has 1 atom stereocenters. The fourth-order valence-corrected chi connectivity index (χ4v) is 2.52. The third-order valence-corrected chi connectivity index (χ3v) is 3.34. The lowest BCUT2D eigenvalue weighted by Crippen LogP contribution is -2.31. The van der Waals surface area contributed by atoms with E-state index in [1.165, 1.54) is 11.3 Å². The third-order valence-electron chi connectivity index (χ3n) is 2.76. The van der Waals surface area contributed by atoms with Crippen molar-refractivity contribution in [3.63, 3.8) is 0 Å². The van der Waals surface area contributed by atoms with Crippen molar-refractivity contribution in [1.82, 2.24) is 9.97 Å². The van der Waals surface area contributed by atoms with Crippen LogP contribution in [0.15, 0.2) is 35.3 Å². The first-order valence-corrected chi connectivity index (χ1v) is 6.16. The first kappa shape index (κ1) is 11.7. The number of carbonyl (C=O) groups excluding carboxylic acids is 1. The smallest absolute Gasteiger partial charge is 0.218 e. The average Bonchev–Trinajstić information content (AvgIpc) is 2.83. The number of pyridine rings is 1. The van der Waals surface area contributed by atoms with Crippen molar-refractivity contribution in [2.45, 2.75) is 18.8 Å². The maximum atomic E-state index is 11.3. The maximum absolute atomic E-state index is 11.3. The molecule has 0 saturated carbocycles. The molecule has 2 heterocycles. The van der Waals surface area contributed by atoms with E-state index in [-0.39, 0.29) is 12.3 Å². The van der Waals surface area contributed by atoms with Gasteiger partial charge < -0.3 is 5.73 Å². The van der Waals surface area contributed by atoms with Crippen LogP contribution in [0.1, 0.15) is 24.7 Å². The number of rotatable bonds is 4. The minimum absolute atomic E-state index is 0.202. The summed E-state index contributed by atoms with van der Waals surface area (Å²) in [6.45, 7) is 1.94. The summed E-state index contributed by atoms with van der Waals surface area (Å²) >= 11 is 1.50. The number of amides is 1. The van der Waals surface area contributed by atoms with E-state index in [0.717, 1.165) is 11.4 Å². The third kappa shape index (κ3) is 2.34. The molecule has 0 saturated heterocycles. The van der Waals surface area contributed by atoms with Crippen molar-refractivity contribution in [2.75, 3.05) is 0 Å². The molecule has 0 aliphatic carbocycles. The van der Waals surface area contributed by atoms with Gasteiger partial charge in [-0.2, -0.15) is 0 Å². The summed E-state index contributed by atoms with van der Waals surface area (Å²) < 4.78 is 0. The molecular formula is C12H13N3OS. The summed E-state index contributed by atoms with van der Waals surface area (Å²) in [4.78, 5) is 19.9. The van der Waals surface area contributed by atoms with Gasteiger partial charge in [0.1, 0.15) is 0 Å². The van der Waals surface area contributed by atoms with Crippen LogP contribution in [0.5, 0.6) is 0 Å². The molecule has 1 amide bonds. The molecule has 0 aliphatic rings. The fourth-order valence-electron chi connectivity index (χ4n) is 1.83. The topological polar surface area (TPSA) is 68.9 Å². The van der Waals surface area contributed by atoms with Crippen LogP contribution in [0.25, 0.3) is 0 Å². The van der Waals surface area contributed by atoms with Crippen LogP contribution < -0.4 is 5.73 Å². The zero-order valence-corrected chi connectivity index (χ0v) is 10.3. The van der Waals surface area contributed by atoms with Gasteiger partial charge in [0, 0.05) is 18.0 Å². The highest BCUT2D eigenvalue weighted by Crippen LogP contribution is 2.33. The van der Waals surface area contributed by atoms with Crippen LogP contribution in [0.3, 0.4) is 0 Å². The van der Waals surface area contributed by atoms with Gasteiger partial charge in [0.05, 0.1) is 22.3 Å². The van der Waals surface area contributed by atoms with Crippen LogP contribution in [0, 0.1) is 0 Å². The summed E-state index contributed by atoms with van der Waals surface area (Å²) in [6, 6.07) is 5.63. The predicted octanol–water partition coefficient (Wildman–Crippen LogP) is 1.72. The fraction of sp³-hybridized carbons (Fsp3) is 0.250. The molecule has 88 valence electrons. The number of hydrogen-bond donors (Lipinski definition) is 1. The highest BCUT2D eigenvalue weighted by Gasteiger charge is 2.34. The largest absolute Gasteiger partial charge is 0.370 e.